The molecule has 1 atom stereocenters. The van der Waals surface area contributed by atoms with Crippen LogP contribution in [0.4, 0.5) is 0 Å². The minimum absolute atomic E-state index is 0.202. The van der Waals surface area contributed by atoms with Crippen molar-refractivity contribution in [2.24, 2.45) is 5.41 Å². The van der Waals surface area contributed by atoms with Gasteiger partial charge in [-0.05, 0) is 31.4 Å². The van der Waals surface area contributed by atoms with Crippen molar-refractivity contribution < 1.29 is 0 Å². The Balaban J connectivity index is 3.12. The van der Waals surface area contributed by atoms with E-state index in [0.717, 1.165) is 19.5 Å². The molecule has 0 saturated carbocycles. The summed E-state index contributed by atoms with van der Waals surface area (Å²) in [6.07, 6.45) is 1.00. The van der Waals surface area contributed by atoms with E-state index in [1.54, 1.807) is 0 Å². The maximum atomic E-state index is 4.64. The van der Waals surface area contributed by atoms with Crippen LogP contribution < -0.4 is 5.32 Å². The zero-order valence-corrected chi connectivity index (χ0v) is 12.2. The van der Waals surface area contributed by atoms with E-state index in [-0.39, 0.29) is 5.41 Å². The molecule has 0 radical (unpaired) electrons. The van der Waals surface area contributed by atoms with E-state index in [1.165, 1.54) is 11.4 Å². The van der Waals surface area contributed by atoms with Crippen molar-refractivity contribution in [3.05, 3.63) is 17.5 Å². The number of rotatable bonds is 5. The summed E-state index contributed by atoms with van der Waals surface area (Å²) in [7, 11) is 0. The van der Waals surface area contributed by atoms with Crippen LogP contribution in [0.15, 0.2) is 6.07 Å². The maximum absolute atomic E-state index is 4.64. The lowest BCUT2D eigenvalue weighted by molar-refractivity contribution is 0.262. The van der Waals surface area contributed by atoms with Crippen molar-refractivity contribution in [1.82, 2.24) is 15.1 Å². The first-order valence-corrected chi connectivity index (χ1v) is 6.74. The molecule has 1 rings (SSSR count). The quantitative estimate of drug-likeness (QED) is 0.852. The van der Waals surface area contributed by atoms with Crippen molar-refractivity contribution in [1.29, 1.82) is 0 Å². The smallest absolute Gasteiger partial charge is 0.0625 e. The molecule has 3 heteroatoms. The van der Waals surface area contributed by atoms with Gasteiger partial charge in [-0.2, -0.15) is 5.10 Å². The average molecular weight is 237 g/mol. The van der Waals surface area contributed by atoms with Crippen LogP contribution in [-0.2, 0) is 13.0 Å². The van der Waals surface area contributed by atoms with Gasteiger partial charge < -0.3 is 5.32 Å². The molecule has 1 unspecified atom stereocenters. The summed E-state index contributed by atoms with van der Waals surface area (Å²) in [5, 5.41) is 8.23. The SMILES string of the molecule is CCNC(c1cc(CC)nn1CC)C(C)(C)C. The summed E-state index contributed by atoms with van der Waals surface area (Å²) in [5.74, 6) is 0. The predicted molar refractivity (Wildman–Crippen MR) is 73.2 cm³/mol. The van der Waals surface area contributed by atoms with Crippen LogP contribution in [0, 0.1) is 5.41 Å². The van der Waals surface area contributed by atoms with Crippen LogP contribution in [0.3, 0.4) is 0 Å². The van der Waals surface area contributed by atoms with Crippen LogP contribution in [0.2, 0.25) is 0 Å². The monoisotopic (exact) mass is 237 g/mol. The molecule has 3 nitrogen and oxygen atoms in total. The Morgan fingerprint density at radius 2 is 1.94 bits per heavy atom. The van der Waals surface area contributed by atoms with E-state index >= 15 is 0 Å². The Morgan fingerprint density at radius 3 is 2.35 bits per heavy atom. The Kier molecular flexibility index (Phi) is 4.75. The molecule has 98 valence electrons. The highest BCUT2D eigenvalue weighted by Gasteiger charge is 2.28. The molecule has 0 aliphatic heterocycles. The molecule has 1 aromatic heterocycles. The fourth-order valence-electron chi connectivity index (χ4n) is 2.20. The van der Waals surface area contributed by atoms with Gasteiger partial charge in [-0.3, -0.25) is 4.68 Å². The van der Waals surface area contributed by atoms with Gasteiger partial charge in [0.25, 0.3) is 0 Å². The highest BCUT2D eigenvalue weighted by molar-refractivity contribution is 5.16. The predicted octanol–water partition coefficient (Wildman–Crippen LogP) is 3.16. The summed E-state index contributed by atoms with van der Waals surface area (Å²) in [5.41, 5.74) is 2.71. The van der Waals surface area contributed by atoms with Crippen LogP contribution in [0.25, 0.3) is 0 Å². The second kappa shape index (κ2) is 5.67. The Morgan fingerprint density at radius 1 is 1.29 bits per heavy atom. The Bertz CT molecular complexity index is 347. The number of hydrogen-bond donors (Lipinski definition) is 1. The molecule has 0 aromatic carbocycles. The lowest BCUT2D eigenvalue weighted by atomic mass is 9.84. The van der Waals surface area contributed by atoms with Gasteiger partial charge in [0.1, 0.15) is 0 Å². The summed E-state index contributed by atoms with van der Waals surface area (Å²) in [4.78, 5) is 0. The second-order valence-corrected chi connectivity index (χ2v) is 5.59. The van der Waals surface area contributed by atoms with Gasteiger partial charge in [-0.25, -0.2) is 0 Å². The zero-order valence-electron chi connectivity index (χ0n) is 12.2. The lowest BCUT2D eigenvalue weighted by Crippen LogP contribution is -2.34. The second-order valence-electron chi connectivity index (χ2n) is 5.59. The van der Waals surface area contributed by atoms with Gasteiger partial charge in [-0.1, -0.05) is 34.6 Å². The van der Waals surface area contributed by atoms with Crippen molar-refractivity contribution in [2.45, 2.75) is 60.5 Å². The third-order valence-corrected chi connectivity index (χ3v) is 3.09. The molecular weight excluding hydrogens is 210 g/mol. The van der Waals surface area contributed by atoms with Crippen molar-refractivity contribution in [3.63, 3.8) is 0 Å². The lowest BCUT2D eigenvalue weighted by Gasteiger charge is -2.31. The first-order valence-electron chi connectivity index (χ1n) is 6.74. The standard InChI is InChI=1S/C14H27N3/c1-7-11-10-12(17(9-3)16-11)13(15-8-2)14(4,5)6/h10,13,15H,7-9H2,1-6H3. The third kappa shape index (κ3) is 3.32. The van der Waals surface area contributed by atoms with E-state index < -0.39 is 0 Å². The summed E-state index contributed by atoms with van der Waals surface area (Å²) >= 11 is 0. The highest BCUT2D eigenvalue weighted by atomic mass is 15.3. The molecule has 0 aliphatic carbocycles. The van der Waals surface area contributed by atoms with E-state index in [0.29, 0.717) is 6.04 Å². The van der Waals surface area contributed by atoms with Crippen molar-refractivity contribution in [2.75, 3.05) is 6.54 Å². The number of aryl methyl sites for hydroxylation is 2. The fourth-order valence-corrected chi connectivity index (χ4v) is 2.20. The van der Waals surface area contributed by atoms with Crippen LogP contribution in [-0.4, -0.2) is 16.3 Å². The molecule has 0 amide bonds. The van der Waals surface area contributed by atoms with Gasteiger partial charge in [0, 0.05) is 6.54 Å². The normalized spacial score (nSPS) is 14.0. The molecule has 0 bridgehead atoms. The van der Waals surface area contributed by atoms with Crippen LogP contribution in [0.5, 0.6) is 0 Å². The molecule has 17 heavy (non-hydrogen) atoms. The van der Waals surface area contributed by atoms with Gasteiger partial charge in [0.15, 0.2) is 0 Å². The molecule has 0 aliphatic rings. The topological polar surface area (TPSA) is 29.9 Å². The maximum Gasteiger partial charge on any atom is 0.0625 e. The van der Waals surface area contributed by atoms with E-state index in [2.05, 4.69) is 62.7 Å². The van der Waals surface area contributed by atoms with Crippen LogP contribution in [0.1, 0.15) is 59.0 Å². The average Bonchev–Trinajstić information content (AvgIpc) is 2.67. The highest BCUT2D eigenvalue weighted by Crippen LogP contribution is 2.33. The zero-order chi connectivity index (χ0) is 13.1. The minimum atomic E-state index is 0.202. The van der Waals surface area contributed by atoms with Gasteiger partial charge in [0.2, 0.25) is 0 Å². The first-order chi connectivity index (χ1) is 7.93. The van der Waals surface area contributed by atoms with Crippen molar-refractivity contribution >= 4 is 0 Å². The largest absolute Gasteiger partial charge is 0.308 e. The summed E-state index contributed by atoms with van der Waals surface area (Å²) < 4.78 is 2.14. The van der Waals surface area contributed by atoms with E-state index in [1.807, 2.05) is 0 Å². The molecule has 0 fully saturated rings. The molecular formula is C14H27N3. The van der Waals surface area contributed by atoms with E-state index in [9.17, 15) is 0 Å². The Labute approximate surface area is 106 Å². The fraction of sp³-hybridized carbons (Fsp3) is 0.786. The number of nitrogens with zero attached hydrogens (tertiary/aromatic N) is 2. The van der Waals surface area contributed by atoms with Gasteiger partial charge in [-0.15, -0.1) is 0 Å². The van der Waals surface area contributed by atoms with E-state index in [4.69, 9.17) is 0 Å². The Hall–Kier alpha value is -0.830. The molecule has 1 aromatic rings. The van der Waals surface area contributed by atoms with Gasteiger partial charge >= 0.3 is 0 Å². The molecule has 1 N–H and O–H groups in total. The number of hydrogen-bond acceptors (Lipinski definition) is 2. The van der Waals surface area contributed by atoms with Crippen LogP contribution >= 0.6 is 0 Å². The van der Waals surface area contributed by atoms with Gasteiger partial charge in [0.05, 0.1) is 17.4 Å². The third-order valence-electron chi connectivity index (χ3n) is 3.09. The molecule has 1 heterocycles. The summed E-state index contributed by atoms with van der Waals surface area (Å²) in [6.45, 7) is 15.2. The first kappa shape index (κ1) is 14.2. The summed E-state index contributed by atoms with van der Waals surface area (Å²) in [6, 6.07) is 2.61. The molecule has 0 saturated heterocycles. The molecule has 0 spiro atoms. The van der Waals surface area contributed by atoms with Crippen molar-refractivity contribution in [3.8, 4) is 0 Å². The number of aromatic nitrogens is 2. The minimum Gasteiger partial charge on any atom is -0.308 e. The number of nitrogens with one attached hydrogen (secondary N) is 1.